The van der Waals surface area contributed by atoms with E-state index in [0.717, 1.165) is 11.1 Å². The average molecular weight is 268 g/mol. The molecule has 1 aromatic rings. The number of nitrogens with one attached hydrogen (secondary N) is 1. The normalized spacial score (nSPS) is 10.4. The quantitative estimate of drug-likeness (QED) is 0.670. The van der Waals surface area contributed by atoms with E-state index in [4.69, 9.17) is 16.3 Å². The Morgan fingerprint density at radius 1 is 1.44 bits per heavy atom. The number of carbonyl (C=O) groups excluding carboxylic acids is 2. The Hall–Kier alpha value is -1.81. The zero-order chi connectivity index (χ0) is 13.5. The van der Waals surface area contributed by atoms with E-state index in [2.05, 4.69) is 5.32 Å². The van der Waals surface area contributed by atoms with Gasteiger partial charge in [0.15, 0.2) is 6.61 Å². The number of ether oxygens (including phenoxy) is 1. The Morgan fingerprint density at radius 2 is 2.17 bits per heavy atom. The van der Waals surface area contributed by atoms with Crippen molar-refractivity contribution in [1.82, 2.24) is 5.32 Å². The molecule has 0 aliphatic carbocycles. The number of aryl methyl sites for hydroxylation is 1. The van der Waals surface area contributed by atoms with Crippen molar-refractivity contribution in [2.45, 2.75) is 6.92 Å². The summed E-state index contributed by atoms with van der Waals surface area (Å²) in [6.45, 7) is 1.61. The zero-order valence-electron chi connectivity index (χ0n) is 10.2. The highest BCUT2D eigenvalue weighted by Crippen LogP contribution is 2.17. The number of benzene rings is 1. The van der Waals surface area contributed by atoms with E-state index in [1.165, 1.54) is 13.1 Å². The van der Waals surface area contributed by atoms with Crippen LogP contribution in [0, 0.1) is 6.92 Å². The SMILES string of the molecule is CNC(=O)COC(=O)/C=C/c1ccc(C)c(Cl)c1. The number of rotatable bonds is 4. The van der Waals surface area contributed by atoms with Gasteiger partial charge in [0.25, 0.3) is 5.91 Å². The molecule has 0 saturated carbocycles. The van der Waals surface area contributed by atoms with Crippen molar-refractivity contribution in [3.63, 3.8) is 0 Å². The van der Waals surface area contributed by atoms with Crippen molar-refractivity contribution in [2.75, 3.05) is 13.7 Å². The maximum absolute atomic E-state index is 11.3. The summed E-state index contributed by atoms with van der Waals surface area (Å²) in [6.07, 6.45) is 2.83. The summed E-state index contributed by atoms with van der Waals surface area (Å²) >= 11 is 5.95. The molecule has 0 saturated heterocycles. The van der Waals surface area contributed by atoms with E-state index in [0.29, 0.717) is 5.02 Å². The molecule has 4 nitrogen and oxygen atoms in total. The lowest BCUT2D eigenvalue weighted by Gasteiger charge is -2.01. The lowest BCUT2D eigenvalue weighted by atomic mass is 10.1. The second kappa shape index (κ2) is 6.81. The lowest BCUT2D eigenvalue weighted by Crippen LogP contribution is -2.24. The van der Waals surface area contributed by atoms with Gasteiger partial charge in [0.05, 0.1) is 0 Å². The molecule has 0 unspecified atom stereocenters. The van der Waals surface area contributed by atoms with E-state index in [1.54, 1.807) is 12.1 Å². The van der Waals surface area contributed by atoms with Crippen LogP contribution in [0.1, 0.15) is 11.1 Å². The third-order valence-corrected chi connectivity index (χ3v) is 2.64. The van der Waals surface area contributed by atoms with Crippen LogP contribution in [0.2, 0.25) is 5.02 Å². The second-order valence-electron chi connectivity index (χ2n) is 3.62. The smallest absolute Gasteiger partial charge is 0.331 e. The van der Waals surface area contributed by atoms with Crippen LogP contribution in [-0.2, 0) is 14.3 Å². The van der Waals surface area contributed by atoms with Crippen LogP contribution in [0.15, 0.2) is 24.3 Å². The Kier molecular flexibility index (Phi) is 5.39. The molecule has 0 heterocycles. The minimum atomic E-state index is -0.574. The zero-order valence-corrected chi connectivity index (χ0v) is 11.0. The number of amides is 1. The van der Waals surface area contributed by atoms with Crippen LogP contribution >= 0.6 is 11.6 Å². The third-order valence-electron chi connectivity index (χ3n) is 2.23. The first-order valence-corrected chi connectivity index (χ1v) is 5.72. The van der Waals surface area contributed by atoms with Gasteiger partial charge in [-0.2, -0.15) is 0 Å². The number of hydrogen-bond donors (Lipinski definition) is 1. The minimum Gasteiger partial charge on any atom is -0.452 e. The molecule has 0 bridgehead atoms. The van der Waals surface area contributed by atoms with Crippen molar-refractivity contribution in [3.05, 3.63) is 40.4 Å². The number of likely N-dealkylation sites (N-methyl/N-ethyl adjacent to an activating group) is 1. The number of carbonyl (C=O) groups is 2. The first-order valence-electron chi connectivity index (χ1n) is 5.34. The van der Waals surface area contributed by atoms with Gasteiger partial charge in [0.1, 0.15) is 0 Å². The number of halogens is 1. The number of esters is 1. The van der Waals surface area contributed by atoms with Crippen LogP contribution in [0.25, 0.3) is 6.08 Å². The highest BCUT2D eigenvalue weighted by Gasteiger charge is 2.02. The predicted molar refractivity (Wildman–Crippen MR) is 70.2 cm³/mol. The molecule has 0 aliphatic heterocycles. The molecule has 0 aromatic heterocycles. The lowest BCUT2D eigenvalue weighted by molar-refractivity contribution is -0.143. The van der Waals surface area contributed by atoms with Crippen molar-refractivity contribution in [1.29, 1.82) is 0 Å². The maximum Gasteiger partial charge on any atom is 0.331 e. The average Bonchev–Trinajstić information content (AvgIpc) is 2.37. The fourth-order valence-corrected chi connectivity index (χ4v) is 1.32. The molecular formula is C13H14ClNO3. The standard InChI is InChI=1S/C13H14ClNO3/c1-9-3-4-10(7-11(9)14)5-6-13(17)18-8-12(16)15-2/h3-7H,8H2,1-2H3,(H,15,16)/b6-5+. The third kappa shape index (κ3) is 4.59. The van der Waals surface area contributed by atoms with Gasteiger partial charge in [0.2, 0.25) is 0 Å². The summed E-state index contributed by atoms with van der Waals surface area (Å²) in [7, 11) is 1.47. The fraction of sp³-hybridized carbons (Fsp3) is 0.231. The Balaban J connectivity index is 2.55. The molecule has 0 aliphatic rings. The molecule has 1 N–H and O–H groups in total. The monoisotopic (exact) mass is 267 g/mol. The van der Waals surface area contributed by atoms with E-state index in [9.17, 15) is 9.59 Å². The topological polar surface area (TPSA) is 55.4 Å². The summed E-state index contributed by atoms with van der Waals surface area (Å²) in [5, 5.41) is 2.99. The van der Waals surface area contributed by atoms with E-state index in [1.807, 2.05) is 19.1 Å². The molecular weight excluding hydrogens is 254 g/mol. The summed E-state index contributed by atoms with van der Waals surface area (Å²) in [5.41, 5.74) is 1.76. The van der Waals surface area contributed by atoms with Crippen LogP contribution in [0.4, 0.5) is 0 Å². The molecule has 0 radical (unpaired) electrons. The van der Waals surface area contributed by atoms with Gasteiger partial charge in [-0.05, 0) is 30.2 Å². The van der Waals surface area contributed by atoms with Gasteiger partial charge < -0.3 is 10.1 Å². The van der Waals surface area contributed by atoms with Gasteiger partial charge in [0, 0.05) is 18.1 Å². The summed E-state index contributed by atoms with van der Waals surface area (Å²) in [5.74, 6) is -0.926. The van der Waals surface area contributed by atoms with Gasteiger partial charge in [-0.3, -0.25) is 4.79 Å². The van der Waals surface area contributed by atoms with E-state index >= 15 is 0 Å². The molecule has 96 valence electrons. The van der Waals surface area contributed by atoms with Crippen LogP contribution in [-0.4, -0.2) is 25.5 Å². The van der Waals surface area contributed by atoms with Crippen LogP contribution < -0.4 is 5.32 Å². The van der Waals surface area contributed by atoms with E-state index in [-0.39, 0.29) is 12.5 Å². The highest BCUT2D eigenvalue weighted by atomic mass is 35.5. The molecule has 0 atom stereocenters. The summed E-state index contributed by atoms with van der Waals surface area (Å²) < 4.78 is 4.70. The molecule has 1 aromatic carbocycles. The van der Waals surface area contributed by atoms with Gasteiger partial charge >= 0.3 is 5.97 Å². The largest absolute Gasteiger partial charge is 0.452 e. The maximum atomic E-state index is 11.3. The van der Waals surface area contributed by atoms with Crippen molar-refractivity contribution in [2.24, 2.45) is 0 Å². The Labute approximate surface area is 111 Å². The summed E-state index contributed by atoms with van der Waals surface area (Å²) in [4.78, 5) is 22.1. The molecule has 18 heavy (non-hydrogen) atoms. The summed E-state index contributed by atoms with van der Waals surface area (Å²) in [6, 6.07) is 5.45. The van der Waals surface area contributed by atoms with Crippen LogP contribution in [0.3, 0.4) is 0 Å². The number of hydrogen-bond acceptors (Lipinski definition) is 3. The minimum absolute atomic E-state index is 0.283. The highest BCUT2D eigenvalue weighted by molar-refractivity contribution is 6.31. The molecule has 0 fully saturated rings. The first-order chi connectivity index (χ1) is 8.52. The molecule has 1 rings (SSSR count). The van der Waals surface area contributed by atoms with Gasteiger partial charge in [-0.25, -0.2) is 4.79 Å². The van der Waals surface area contributed by atoms with Gasteiger partial charge in [-0.1, -0.05) is 23.7 Å². The van der Waals surface area contributed by atoms with Crippen molar-refractivity contribution < 1.29 is 14.3 Å². The predicted octanol–water partition coefficient (Wildman–Crippen LogP) is 1.95. The van der Waals surface area contributed by atoms with Crippen molar-refractivity contribution in [3.8, 4) is 0 Å². The fourth-order valence-electron chi connectivity index (χ4n) is 1.13. The van der Waals surface area contributed by atoms with Gasteiger partial charge in [-0.15, -0.1) is 0 Å². The molecule has 0 spiro atoms. The van der Waals surface area contributed by atoms with Crippen molar-refractivity contribution >= 4 is 29.6 Å². The molecule has 1 amide bonds. The Morgan fingerprint density at radius 3 is 2.78 bits per heavy atom. The Bertz CT molecular complexity index is 483. The van der Waals surface area contributed by atoms with E-state index < -0.39 is 5.97 Å². The first kappa shape index (κ1) is 14.3. The second-order valence-corrected chi connectivity index (χ2v) is 4.03. The molecule has 5 heteroatoms. The van der Waals surface area contributed by atoms with Crippen LogP contribution in [0.5, 0.6) is 0 Å².